The van der Waals surface area contributed by atoms with Crippen molar-refractivity contribution in [2.24, 2.45) is 0 Å². The van der Waals surface area contributed by atoms with Crippen LogP contribution in [0.1, 0.15) is 23.6 Å². The summed E-state index contributed by atoms with van der Waals surface area (Å²) >= 11 is 7.94. The maximum atomic E-state index is 12.8. The number of halogens is 2. The number of rotatable bonds is 9. The number of nitrogens with one attached hydrogen (secondary N) is 2. The van der Waals surface area contributed by atoms with Crippen LogP contribution in [0.25, 0.3) is 6.08 Å². The molecule has 2 amide bonds. The molecule has 190 valence electrons. The lowest BCUT2D eigenvalue weighted by atomic mass is 10.1. The zero-order valence-corrected chi connectivity index (χ0v) is 23.4. The van der Waals surface area contributed by atoms with Gasteiger partial charge in [-0.15, -0.1) is 0 Å². The number of hydrogen-bond donors (Lipinski definition) is 2. The van der Waals surface area contributed by atoms with Gasteiger partial charge in [0.15, 0.2) is 18.1 Å². The fourth-order valence-electron chi connectivity index (χ4n) is 3.40. The standard InChI is InChI=1S/C28H25ClIN3O4/c1-4-36-25-14-19(12-20(15-31)28(35)33-24-10-5-17(2)11-18(24)3)13-23(30)27(25)37-16-26(34)32-22-8-6-21(29)7-9-22/h5-14H,4,16H2,1-3H3,(H,32,34)(H,33,35)/b20-12+. The average Bonchev–Trinajstić information content (AvgIpc) is 2.85. The van der Waals surface area contributed by atoms with Gasteiger partial charge in [0.2, 0.25) is 0 Å². The van der Waals surface area contributed by atoms with Gasteiger partial charge in [-0.2, -0.15) is 5.26 Å². The molecule has 0 radical (unpaired) electrons. The lowest BCUT2D eigenvalue weighted by Crippen LogP contribution is -2.20. The van der Waals surface area contributed by atoms with Crippen LogP contribution in [0.2, 0.25) is 5.02 Å². The fraction of sp³-hybridized carbons (Fsp3) is 0.179. The maximum absolute atomic E-state index is 12.8. The van der Waals surface area contributed by atoms with Crippen molar-refractivity contribution in [2.75, 3.05) is 23.8 Å². The lowest BCUT2D eigenvalue weighted by Gasteiger charge is -2.15. The van der Waals surface area contributed by atoms with Gasteiger partial charge in [0, 0.05) is 16.4 Å². The highest BCUT2D eigenvalue weighted by Gasteiger charge is 2.16. The number of amides is 2. The first-order chi connectivity index (χ1) is 17.7. The van der Waals surface area contributed by atoms with Crippen LogP contribution < -0.4 is 20.1 Å². The molecule has 0 aromatic heterocycles. The molecule has 0 bridgehead atoms. The molecular weight excluding hydrogens is 605 g/mol. The number of nitriles is 1. The van der Waals surface area contributed by atoms with Crippen molar-refractivity contribution in [3.8, 4) is 17.6 Å². The molecule has 0 aliphatic heterocycles. The van der Waals surface area contributed by atoms with Crippen molar-refractivity contribution in [3.05, 3.63) is 85.5 Å². The molecule has 0 saturated carbocycles. The van der Waals surface area contributed by atoms with Gasteiger partial charge in [-0.05, 0) is 103 Å². The van der Waals surface area contributed by atoms with Gasteiger partial charge in [0.25, 0.3) is 11.8 Å². The second-order valence-corrected chi connectivity index (χ2v) is 9.65. The fourth-order valence-corrected chi connectivity index (χ4v) is 4.31. The number of carbonyl (C=O) groups excluding carboxylic acids is 2. The van der Waals surface area contributed by atoms with E-state index >= 15 is 0 Å². The summed E-state index contributed by atoms with van der Waals surface area (Å²) in [4.78, 5) is 25.1. The molecule has 0 heterocycles. The molecule has 0 unspecified atom stereocenters. The largest absolute Gasteiger partial charge is 0.490 e. The van der Waals surface area contributed by atoms with Gasteiger partial charge >= 0.3 is 0 Å². The first-order valence-electron chi connectivity index (χ1n) is 11.3. The molecule has 0 spiro atoms. The van der Waals surface area contributed by atoms with Crippen LogP contribution >= 0.6 is 34.2 Å². The van der Waals surface area contributed by atoms with Gasteiger partial charge in [-0.1, -0.05) is 29.3 Å². The SMILES string of the molecule is CCOc1cc(/C=C(\C#N)C(=O)Nc2ccc(C)cc2C)cc(I)c1OCC(=O)Nc1ccc(Cl)cc1. The van der Waals surface area contributed by atoms with Crippen LogP contribution in [0.4, 0.5) is 11.4 Å². The Morgan fingerprint density at radius 3 is 2.43 bits per heavy atom. The van der Waals surface area contributed by atoms with Crippen molar-refractivity contribution in [1.29, 1.82) is 5.26 Å². The predicted octanol–water partition coefficient (Wildman–Crippen LogP) is 6.52. The van der Waals surface area contributed by atoms with Crippen molar-refractivity contribution >= 4 is 63.5 Å². The molecular formula is C28H25ClIN3O4. The summed E-state index contributed by atoms with van der Waals surface area (Å²) in [6.07, 6.45) is 1.49. The van der Waals surface area contributed by atoms with E-state index in [1.165, 1.54) is 6.08 Å². The van der Waals surface area contributed by atoms with Crippen LogP contribution in [0, 0.1) is 28.7 Å². The summed E-state index contributed by atoms with van der Waals surface area (Å²) in [5.74, 6) is -0.0721. The Labute approximate surface area is 234 Å². The molecule has 9 heteroatoms. The molecule has 0 saturated heterocycles. The molecule has 0 atom stereocenters. The highest BCUT2D eigenvalue weighted by Crippen LogP contribution is 2.35. The van der Waals surface area contributed by atoms with Crippen molar-refractivity contribution < 1.29 is 19.1 Å². The van der Waals surface area contributed by atoms with E-state index in [1.807, 2.05) is 45.0 Å². The van der Waals surface area contributed by atoms with E-state index in [0.29, 0.717) is 43.6 Å². The number of hydrogen-bond acceptors (Lipinski definition) is 5. The molecule has 0 fully saturated rings. The van der Waals surface area contributed by atoms with E-state index in [2.05, 4.69) is 33.2 Å². The number of carbonyl (C=O) groups is 2. The summed E-state index contributed by atoms with van der Waals surface area (Å²) in [5.41, 5.74) is 3.74. The molecule has 7 nitrogen and oxygen atoms in total. The van der Waals surface area contributed by atoms with Crippen molar-refractivity contribution in [2.45, 2.75) is 20.8 Å². The normalized spacial score (nSPS) is 10.9. The van der Waals surface area contributed by atoms with Gasteiger partial charge in [-0.25, -0.2) is 0 Å². The molecule has 3 aromatic carbocycles. The third-order valence-electron chi connectivity index (χ3n) is 5.11. The van der Waals surface area contributed by atoms with Crippen LogP contribution in [-0.4, -0.2) is 25.0 Å². The average molecular weight is 630 g/mol. The van der Waals surface area contributed by atoms with E-state index in [9.17, 15) is 14.9 Å². The Morgan fingerprint density at radius 2 is 1.78 bits per heavy atom. The summed E-state index contributed by atoms with van der Waals surface area (Å²) in [6, 6.07) is 17.8. The Morgan fingerprint density at radius 1 is 1.05 bits per heavy atom. The Balaban J connectivity index is 1.77. The molecule has 2 N–H and O–H groups in total. The van der Waals surface area contributed by atoms with Crippen molar-refractivity contribution in [1.82, 2.24) is 0 Å². The number of ether oxygens (including phenoxy) is 2. The van der Waals surface area contributed by atoms with Gasteiger partial charge in [-0.3, -0.25) is 9.59 Å². The molecule has 3 rings (SSSR count). The first-order valence-corrected chi connectivity index (χ1v) is 12.8. The predicted molar refractivity (Wildman–Crippen MR) is 154 cm³/mol. The molecule has 37 heavy (non-hydrogen) atoms. The minimum Gasteiger partial charge on any atom is -0.490 e. The second-order valence-electron chi connectivity index (χ2n) is 8.05. The Bertz CT molecular complexity index is 1380. The highest BCUT2D eigenvalue weighted by molar-refractivity contribution is 14.1. The zero-order valence-electron chi connectivity index (χ0n) is 20.5. The van der Waals surface area contributed by atoms with Gasteiger partial charge < -0.3 is 20.1 Å². The molecule has 3 aromatic rings. The summed E-state index contributed by atoms with van der Waals surface area (Å²) in [7, 11) is 0. The number of nitrogens with zero attached hydrogens (tertiary/aromatic N) is 1. The zero-order chi connectivity index (χ0) is 26.9. The van der Waals surface area contributed by atoms with E-state index < -0.39 is 5.91 Å². The first kappa shape index (κ1) is 28.0. The molecule has 0 aliphatic rings. The third-order valence-corrected chi connectivity index (χ3v) is 6.17. The smallest absolute Gasteiger partial charge is 0.266 e. The van der Waals surface area contributed by atoms with Crippen LogP contribution in [0.5, 0.6) is 11.5 Å². The van der Waals surface area contributed by atoms with Gasteiger partial charge in [0.05, 0.1) is 10.2 Å². The van der Waals surface area contributed by atoms with Crippen LogP contribution in [0.3, 0.4) is 0 Å². The minimum absolute atomic E-state index is 0.0609. The Hall–Kier alpha value is -3.55. The summed E-state index contributed by atoms with van der Waals surface area (Å²) in [5, 5.41) is 15.7. The highest BCUT2D eigenvalue weighted by atomic mass is 127. The number of benzene rings is 3. The monoisotopic (exact) mass is 629 g/mol. The molecule has 0 aliphatic carbocycles. The quantitative estimate of drug-likeness (QED) is 0.159. The summed E-state index contributed by atoms with van der Waals surface area (Å²) < 4.78 is 12.2. The van der Waals surface area contributed by atoms with Crippen LogP contribution in [0.15, 0.2) is 60.2 Å². The minimum atomic E-state index is -0.512. The van der Waals surface area contributed by atoms with E-state index in [4.69, 9.17) is 21.1 Å². The second kappa shape index (κ2) is 13.1. The van der Waals surface area contributed by atoms with Crippen LogP contribution in [-0.2, 0) is 9.59 Å². The maximum Gasteiger partial charge on any atom is 0.266 e. The van der Waals surface area contributed by atoms with E-state index in [0.717, 1.165) is 11.1 Å². The van der Waals surface area contributed by atoms with E-state index in [1.54, 1.807) is 36.4 Å². The third kappa shape index (κ3) is 7.97. The Kier molecular flexibility index (Phi) is 9.94. The summed E-state index contributed by atoms with van der Waals surface area (Å²) in [6.45, 7) is 5.80. The van der Waals surface area contributed by atoms with Gasteiger partial charge in [0.1, 0.15) is 11.6 Å². The van der Waals surface area contributed by atoms with E-state index in [-0.39, 0.29) is 18.1 Å². The lowest BCUT2D eigenvalue weighted by molar-refractivity contribution is -0.118. The number of aryl methyl sites for hydroxylation is 2. The van der Waals surface area contributed by atoms with Crippen molar-refractivity contribution in [3.63, 3.8) is 0 Å². The topological polar surface area (TPSA) is 100 Å². The number of anilines is 2.